The van der Waals surface area contributed by atoms with Crippen LogP contribution in [0.1, 0.15) is 12.6 Å². The van der Waals surface area contributed by atoms with Gasteiger partial charge in [0.1, 0.15) is 11.6 Å². The molecule has 33 heavy (non-hydrogen) atoms. The molecule has 1 atom stereocenters. The summed E-state index contributed by atoms with van der Waals surface area (Å²) in [4.78, 5) is 28.1. The lowest BCUT2D eigenvalue weighted by atomic mass is 10.2. The lowest BCUT2D eigenvalue weighted by Gasteiger charge is -2.34. The molecule has 1 saturated heterocycles. The van der Waals surface area contributed by atoms with Crippen LogP contribution in [0.15, 0.2) is 42.6 Å². The SMILES string of the molecule is CC1COCCN1c1cc(CS(C)(=O)=O)nc(-c2cnc(NC(=O)Oc3ccccc3)s2)n1. The molecule has 12 heteroatoms. The first-order valence-electron chi connectivity index (χ1n) is 10.2. The first kappa shape index (κ1) is 23.1. The molecule has 0 radical (unpaired) electrons. The van der Waals surface area contributed by atoms with Gasteiger partial charge in [-0.05, 0) is 19.1 Å². The fourth-order valence-electron chi connectivity index (χ4n) is 3.29. The number of aromatic nitrogens is 3. The zero-order valence-corrected chi connectivity index (χ0v) is 19.7. The van der Waals surface area contributed by atoms with Crippen LogP contribution in [0.5, 0.6) is 5.75 Å². The topological polar surface area (TPSA) is 124 Å². The number of rotatable bonds is 6. The first-order valence-corrected chi connectivity index (χ1v) is 13.0. The molecular weight excluding hydrogens is 466 g/mol. The third kappa shape index (κ3) is 6.24. The predicted molar refractivity (Wildman–Crippen MR) is 125 cm³/mol. The number of benzene rings is 1. The summed E-state index contributed by atoms with van der Waals surface area (Å²) in [5.74, 6) is 1.17. The first-order chi connectivity index (χ1) is 15.8. The summed E-state index contributed by atoms with van der Waals surface area (Å²) < 4.78 is 34.5. The second-order valence-electron chi connectivity index (χ2n) is 7.59. The molecule has 0 spiro atoms. The van der Waals surface area contributed by atoms with Crippen LogP contribution >= 0.6 is 11.3 Å². The van der Waals surface area contributed by atoms with E-state index in [1.165, 1.54) is 23.8 Å². The molecule has 1 unspecified atom stereocenters. The van der Waals surface area contributed by atoms with E-state index >= 15 is 0 Å². The summed E-state index contributed by atoms with van der Waals surface area (Å²) in [5, 5.41) is 2.90. The van der Waals surface area contributed by atoms with Gasteiger partial charge in [-0.2, -0.15) is 0 Å². The maximum Gasteiger partial charge on any atom is 0.418 e. The molecule has 1 aliphatic rings. The molecule has 3 heterocycles. The maximum absolute atomic E-state index is 12.2. The molecule has 174 valence electrons. The Morgan fingerprint density at radius 1 is 1.30 bits per heavy atom. The lowest BCUT2D eigenvalue weighted by Crippen LogP contribution is -2.44. The predicted octanol–water partition coefficient (Wildman–Crippen LogP) is 2.98. The van der Waals surface area contributed by atoms with Crippen LogP contribution in [0.3, 0.4) is 0 Å². The summed E-state index contributed by atoms with van der Waals surface area (Å²) in [7, 11) is -3.30. The highest BCUT2D eigenvalue weighted by Crippen LogP contribution is 2.29. The van der Waals surface area contributed by atoms with E-state index in [0.29, 0.717) is 52.9 Å². The Labute approximate surface area is 195 Å². The Balaban J connectivity index is 1.58. The number of para-hydroxylation sites is 1. The van der Waals surface area contributed by atoms with Crippen LogP contribution in [-0.4, -0.2) is 61.5 Å². The Kier molecular flexibility index (Phi) is 6.86. The normalized spacial score (nSPS) is 16.4. The van der Waals surface area contributed by atoms with E-state index in [4.69, 9.17) is 9.47 Å². The Morgan fingerprint density at radius 3 is 2.82 bits per heavy atom. The fourth-order valence-corrected chi connectivity index (χ4v) is 4.72. The molecule has 3 aromatic rings. The molecule has 0 aliphatic carbocycles. The molecule has 1 amide bonds. The van der Waals surface area contributed by atoms with Gasteiger partial charge < -0.3 is 14.4 Å². The number of anilines is 2. The van der Waals surface area contributed by atoms with Gasteiger partial charge in [0.2, 0.25) is 0 Å². The highest BCUT2D eigenvalue weighted by molar-refractivity contribution is 7.89. The minimum absolute atomic E-state index is 0.0824. The second kappa shape index (κ2) is 9.81. The third-order valence-corrected chi connectivity index (χ3v) is 6.46. The van der Waals surface area contributed by atoms with Crippen molar-refractivity contribution in [3.8, 4) is 16.5 Å². The minimum Gasteiger partial charge on any atom is -0.410 e. The van der Waals surface area contributed by atoms with E-state index in [1.807, 2.05) is 13.0 Å². The number of ether oxygens (including phenoxy) is 2. The van der Waals surface area contributed by atoms with E-state index in [9.17, 15) is 13.2 Å². The van der Waals surface area contributed by atoms with E-state index in [-0.39, 0.29) is 11.8 Å². The monoisotopic (exact) mass is 489 g/mol. The van der Waals surface area contributed by atoms with Gasteiger partial charge in [-0.1, -0.05) is 29.5 Å². The van der Waals surface area contributed by atoms with Crippen molar-refractivity contribution in [3.05, 3.63) is 48.3 Å². The van der Waals surface area contributed by atoms with Crippen LogP contribution in [-0.2, 0) is 20.3 Å². The van der Waals surface area contributed by atoms with Crippen molar-refractivity contribution in [3.63, 3.8) is 0 Å². The largest absolute Gasteiger partial charge is 0.418 e. The minimum atomic E-state index is -3.30. The molecule has 1 aliphatic heterocycles. The average Bonchev–Trinajstić information content (AvgIpc) is 3.21. The van der Waals surface area contributed by atoms with Crippen LogP contribution in [0.2, 0.25) is 0 Å². The van der Waals surface area contributed by atoms with Crippen molar-refractivity contribution >= 4 is 38.2 Å². The summed E-state index contributed by atoms with van der Waals surface area (Å²) in [6, 6.07) is 10.5. The number of nitrogens with one attached hydrogen (secondary N) is 1. The van der Waals surface area contributed by atoms with Gasteiger partial charge in [0.25, 0.3) is 0 Å². The Bertz CT molecular complexity index is 1230. The maximum atomic E-state index is 12.2. The van der Waals surface area contributed by atoms with E-state index in [0.717, 1.165) is 0 Å². The average molecular weight is 490 g/mol. The van der Waals surface area contributed by atoms with Gasteiger partial charge >= 0.3 is 6.09 Å². The standard InChI is InChI=1S/C21H23N5O5S2/c1-14-12-30-9-8-26(14)18-10-15(13-33(2,28)29)23-19(24-18)17-11-22-20(32-17)25-21(27)31-16-6-4-3-5-7-16/h3-7,10-11,14H,8-9,12-13H2,1-2H3,(H,22,25,27). The molecule has 1 fully saturated rings. The summed E-state index contributed by atoms with van der Waals surface area (Å²) in [6.45, 7) is 3.77. The van der Waals surface area contributed by atoms with Gasteiger partial charge in [-0.15, -0.1) is 0 Å². The molecule has 1 aromatic carbocycles. The number of nitrogens with zero attached hydrogens (tertiary/aromatic N) is 4. The smallest absolute Gasteiger partial charge is 0.410 e. The zero-order chi connectivity index (χ0) is 23.4. The molecule has 10 nitrogen and oxygen atoms in total. The number of thiazole rings is 1. The van der Waals surface area contributed by atoms with Crippen LogP contribution in [0, 0.1) is 0 Å². The number of hydrogen-bond donors (Lipinski definition) is 1. The molecule has 0 saturated carbocycles. The van der Waals surface area contributed by atoms with E-state index in [2.05, 4.69) is 25.2 Å². The van der Waals surface area contributed by atoms with Crippen LogP contribution < -0.4 is 15.0 Å². The lowest BCUT2D eigenvalue weighted by molar-refractivity contribution is 0.0985. The van der Waals surface area contributed by atoms with Crippen LogP contribution in [0.25, 0.3) is 10.7 Å². The molecular formula is C21H23N5O5S2. The number of carbonyl (C=O) groups excluding carboxylic acids is 1. The van der Waals surface area contributed by atoms with E-state index < -0.39 is 15.9 Å². The van der Waals surface area contributed by atoms with Crippen molar-refractivity contribution in [1.82, 2.24) is 15.0 Å². The third-order valence-electron chi connectivity index (χ3n) is 4.73. The summed E-state index contributed by atoms with van der Waals surface area (Å²) in [6.07, 6.45) is 2.03. The molecule has 0 bridgehead atoms. The Morgan fingerprint density at radius 2 is 2.09 bits per heavy atom. The number of amides is 1. The van der Waals surface area contributed by atoms with Gasteiger partial charge in [0.05, 0.1) is 41.8 Å². The van der Waals surface area contributed by atoms with Gasteiger partial charge in [0.15, 0.2) is 20.8 Å². The fraction of sp³-hybridized carbons (Fsp3) is 0.333. The molecule has 2 aromatic heterocycles. The Hall–Kier alpha value is -3.09. The number of carbonyl (C=O) groups is 1. The van der Waals surface area contributed by atoms with Crippen molar-refractivity contribution in [1.29, 1.82) is 0 Å². The van der Waals surface area contributed by atoms with Gasteiger partial charge in [0, 0.05) is 18.9 Å². The van der Waals surface area contributed by atoms with Gasteiger partial charge in [-0.25, -0.2) is 28.2 Å². The van der Waals surface area contributed by atoms with Crippen molar-refractivity contribution in [2.24, 2.45) is 0 Å². The number of hydrogen-bond acceptors (Lipinski definition) is 10. The van der Waals surface area contributed by atoms with E-state index in [1.54, 1.807) is 30.3 Å². The van der Waals surface area contributed by atoms with Crippen LogP contribution in [0.4, 0.5) is 15.7 Å². The highest BCUT2D eigenvalue weighted by Gasteiger charge is 2.23. The highest BCUT2D eigenvalue weighted by atomic mass is 32.2. The van der Waals surface area contributed by atoms with Gasteiger partial charge in [-0.3, -0.25) is 5.32 Å². The quantitative estimate of drug-likeness (QED) is 0.556. The van der Waals surface area contributed by atoms with Crippen molar-refractivity contribution in [2.45, 2.75) is 18.7 Å². The summed E-state index contributed by atoms with van der Waals surface area (Å²) in [5.41, 5.74) is 0.391. The molecule has 4 rings (SSSR count). The summed E-state index contributed by atoms with van der Waals surface area (Å²) >= 11 is 1.17. The number of sulfone groups is 1. The zero-order valence-electron chi connectivity index (χ0n) is 18.1. The second-order valence-corrected chi connectivity index (χ2v) is 10.8. The number of morpholine rings is 1. The van der Waals surface area contributed by atoms with Crippen molar-refractivity contribution in [2.75, 3.05) is 36.2 Å². The van der Waals surface area contributed by atoms with Crippen molar-refractivity contribution < 1.29 is 22.7 Å². The molecule has 1 N–H and O–H groups in total.